The number of aromatic nitrogens is 3. The Morgan fingerprint density at radius 2 is 1.50 bits per heavy atom. The van der Waals surface area contributed by atoms with Crippen molar-refractivity contribution in [1.29, 1.82) is 0 Å². The van der Waals surface area contributed by atoms with Crippen molar-refractivity contribution in [3.8, 4) is 11.4 Å². The average molecular weight is 579 g/mol. The standard InChI is InChI=1S/C14H16N4.C10H14O.C7H14O2.C4H10/c1-10(2)17-11(3)14-12(4)18(9-16-14)13-5-7-15-8-6-13;1-2-3-4-9-5-7-10(11)8-6-9;1-3-4-5-6(2)7(8)9;1-3-4-2/h5-9H,4H2,1-3H3;5-8,11H,2-4H2,1H3;6H,3-5H2,1-2H3,(H,8,9);3-4H2,1-2H3/b14-11+;;;. The Kier molecular flexibility index (Phi) is 20.9. The zero-order chi connectivity index (χ0) is 31.9. The number of aromatic hydroxyl groups is 1. The van der Waals surface area contributed by atoms with Gasteiger partial charge in [0.15, 0.2) is 0 Å². The molecule has 0 aliphatic heterocycles. The number of benzene rings is 1. The van der Waals surface area contributed by atoms with Gasteiger partial charge in [-0.3, -0.25) is 19.3 Å². The number of imidazole rings is 1. The fraction of sp³-hybridized carbons (Fsp3) is 0.486. The first kappa shape index (κ1) is 38.3. The van der Waals surface area contributed by atoms with E-state index in [9.17, 15) is 4.79 Å². The zero-order valence-corrected chi connectivity index (χ0v) is 27.2. The Balaban J connectivity index is 0.000000602. The number of unbranched alkanes of at least 4 members (excludes halogenated alkanes) is 3. The number of nitrogens with zero attached hydrogens (tertiary/aromatic N) is 4. The maximum Gasteiger partial charge on any atom is 0.306 e. The van der Waals surface area contributed by atoms with Crippen LogP contribution in [0.15, 0.2) is 60.1 Å². The molecule has 1 atom stereocenters. The summed E-state index contributed by atoms with van der Waals surface area (Å²) in [6, 6.07) is 11.3. The summed E-state index contributed by atoms with van der Waals surface area (Å²) in [5.41, 5.74) is 4.20. The van der Waals surface area contributed by atoms with Crippen molar-refractivity contribution in [1.82, 2.24) is 14.5 Å². The molecule has 0 saturated carbocycles. The van der Waals surface area contributed by atoms with Crippen LogP contribution in [0.1, 0.15) is 106 Å². The number of carbonyl (C=O) groups is 1. The van der Waals surface area contributed by atoms with Gasteiger partial charge in [-0.05, 0) is 69.9 Å². The number of pyridine rings is 1. The molecule has 0 spiro atoms. The molecular formula is C35H54N4O3. The molecule has 2 N–H and O–H groups in total. The minimum absolute atomic E-state index is 0.162. The van der Waals surface area contributed by atoms with E-state index in [2.05, 4.69) is 49.2 Å². The molecule has 0 aliphatic rings. The molecule has 0 bridgehead atoms. The van der Waals surface area contributed by atoms with Gasteiger partial charge in [0, 0.05) is 18.1 Å². The largest absolute Gasteiger partial charge is 0.508 e. The van der Waals surface area contributed by atoms with Gasteiger partial charge >= 0.3 is 5.97 Å². The lowest BCUT2D eigenvalue weighted by Crippen LogP contribution is -2.29. The predicted octanol–water partition coefficient (Wildman–Crippen LogP) is 7.73. The van der Waals surface area contributed by atoms with Crippen LogP contribution >= 0.6 is 0 Å². The number of phenols is 1. The van der Waals surface area contributed by atoms with E-state index >= 15 is 0 Å². The van der Waals surface area contributed by atoms with E-state index in [1.165, 1.54) is 31.2 Å². The molecule has 3 rings (SSSR count). The second-order valence-electron chi connectivity index (χ2n) is 10.4. The fourth-order valence-electron chi connectivity index (χ4n) is 3.47. The highest BCUT2D eigenvalue weighted by Gasteiger charge is 2.08. The van der Waals surface area contributed by atoms with Gasteiger partial charge in [0.25, 0.3) is 0 Å². The SMILES string of the molecule is C=c1/c(=C(/C)N=C(C)C)ncn1-c1ccncc1.CCCC.CCCCC(C)C(=O)O.CCCCc1ccc(O)cc1. The summed E-state index contributed by atoms with van der Waals surface area (Å²) in [5.74, 6) is -0.487. The number of aryl methyl sites for hydroxylation is 1. The molecule has 2 aromatic heterocycles. The molecule has 0 amide bonds. The van der Waals surface area contributed by atoms with E-state index in [1.807, 2.05) is 49.6 Å². The van der Waals surface area contributed by atoms with Crippen LogP contribution in [0.5, 0.6) is 5.75 Å². The first-order valence-corrected chi connectivity index (χ1v) is 15.2. The number of aliphatic imine (C=N–C) groups is 1. The van der Waals surface area contributed by atoms with Gasteiger partial charge in [-0.15, -0.1) is 0 Å². The quantitative estimate of drug-likeness (QED) is 0.240. The predicted molar refractivity (Wildman–Crippen MR) is 178 cm³/mol. The van der Waals surface area contributed by atoms with Crippen molar-refractivity contribution in [2.45, 2.75) is 107 Å². The summed E-state index contributed by atoms with van der Waals surface area (Å²) in [6.45, 7) is 20.3. The monoisotopic (exact) mass is 578 g/mol. The molecule has 2 heterocycles. The number of hydrogen-bond acceptors (Lipinski definition) is 5. The maximum absolute atomic E-state index is 10.2. The van der Waals surface area contributed by atoms with Crippen LogP contribution < -0.4 is 10.7 Å². The Morgan fingerprint density at radius 1 is 0.929 bits per heavy atom. The number of rotatable bonds is 10. The van der Waals surface area contributed by atoms with Crippen LogP contribution in [-0.2, 0) is 11.2 Å². The summed E-state index contributed by atoms with van der Waals surface area (Å²) in [6.07, 6.45) is 14.4. The van der Waals surface area contributed by atoms with E-state index in [0.29, 0.717) is 5.75 Å². The maximum atomic E-state index is 10.2. The van der Waals surface area contributed by atoms with Crippen LogP contribution in [0.2, 0.25) is 0 Å². The van der Waals surface area contributed by atoms with E-state index < -0.39 is 5.97 Å². The van der Waals surface area contributed by atoms with Crippen molar-refractivity contribution in [2.75, 3.05) is 0 Å². The Bertz CT molecular complexity index is 1260. The molecule has 3 aromatic rings. The van der Waals surface area contributed by atoms with Crippen LogP contribution in [0.3, 0.4) is 0 Å². The van der Waals surface area contributed by atoms with E-state index in [0.717, 1.165) is 53.5 Å². The van der Waals surface area contributed by atoms with Crippen molar-refractivity contribution in [3.63, 3.8) is 0 Å². The summed E-state index contributed by atoms with van der Waals surface area (Å²) in [5, 5.41) is 19.1. The molecule has 7 nitrogen and oxygen atoms in total. The summed E-state index contributed by atoms with van der Waals surface area (Å²) in [7, 11) is 0. The summed E-state index contributed by atoms with van der Waals surface area (Å²) >= 11 is 0. The van der Waals surface area contributed by atoms with Crippen LogP contribution in [0.25, 0.3) is 18.0 Å². The van der Waals surface area contributed by atoms with Gasteiger partial charge in [-0.2, -0.15) is 0 Å². The fourth-order valence-corrected chi connectivity index (χ4v) is 3.47. The van der Waals surface area contributed by atoms with E-state index in [4.69, 9.17) is 10.2 Å². The Hall–Kier alpha value is -3.74. The number of aliphatic carboxylic acids is 1. The molecular weight excluding hydrogens is 524 g/mol. The minimum Gasteiger partial charge on any atom is -0.508 e. The van der Waals surface area contributed by atoms with E-state index in [1.54, 1.807) is 37.8 Å². The molecule has 1 aromatic carbocycles. The lowest BCUT2D eigenvalue weighted by molar-refractivity contribution is -0.141. The average Bonchev–Trinajstić information content (AvgIpc) is 3.37. The number of phenolic OH excluding ortho intramolecular Hbond substituents is 1. The van der Waals surface area contributed by atoms with Gasteiger partial charge in [0.05, 0.1) is 22.7 Å². The van der Waals surface area contributed by atoms with Gasteiger partial charge in [-0.25, -0.2) is 4.98 Å². The number of carboxylic acids is 1. The van der Waals surface area contributed by atoms with Crippen molar-refractivity contribution < 1.29 is 15.0 Å². The number of hydrogen-bond donors (Lipinski definition) is 2. The zero-order valence-electron chi connectivity index (χ0n) is 27.2. The molecule has 0 radical (unpaired) electrons. The highest BCUT2D eigenvalue weighted by Crippen LogP contribution is 2.11. The van der Waals surface area contributed by atoms with Crippen LogP contribution in [-0.4, -0.2) is 36.4 Å². The molecule has 0 saturated heterocycles. The summed E-state index contributed by atoms with van der Waals surface area (Å²) < 4.78 is 1.93. The topological polar surface area (TPSA) is 101 Å². The molecule has 42 heavy (non-hydrogen) atoms. The smallest absolute Gasteiger partial charge is 0.306 e. The molecule has 1 unspecified atom stereocenters. The first-order valence-electron chi connectivity index (χ1n) is 15.2. The van der Waals surface area contributed by atoms with Gasteiger partial charge in [0.1, 0.15) is 17.4 Å². The second kappa shape index (κ2) is 22.9. The lowest BCUT2D eigenvalue weighted by Gasteiger charge is -2.02. The van der Waals surface area contributed by atoms with Gasteiger partial charge < -0.3 is 10.2 Å². The molecule has 0 aliphatic carbocycles. The van der Waals surface area contributed by atoms with Crippen LogP contribution in [0, 0.1) is 5.92 Å². The second-order valence-corrected chi connectivity index (χ2v) is 10.4. The minimum atomic E-state index is -0.677. The van der Waals surface area contributed by atoms with Crippen LogP contribution in [0.4, 0.5) is 0 Å². The Labute approximate surface area is 253 Å². The van der Waals surface area contributed by atoms with Crippen molar-refractivity contribution in [2.24, 2.45) is 10.9 Å². The van der Waals surface area contributed by atoms with E-state index in [-0.39, 0.29) is 5.92 Å². The van der Waals surface area contributed by atoms with Gasteiger partial charge in [0.2, 0.25) is 0 Å². The third-order valence-corrected chi connectivity index (χ3v) is 6.21. The molecule has 0 fully saturated rings. The molecule has 232 valence electrons. The van der Waals surface area contributed by atoms with Crippen molar-refractivity contribution >= 4 is 24.0 Å². The third-order valence-electron chi connectivity index (χ3n) is 6.21. The summed E-state index contributed by atoms with van der Waals surface area (Å²) in [4.78, 5) is 23.0. The number of carboxylic acid groups (broad SMARTS) is 1. The highest BCUT2D eigenvalue weighted by atomic mass is 16.4. The van der Waals surface area contributed by atoms with Gasteiger partial charge in [-0.1, -0.05) is 85.4 Å². The third kappa shape index (κ3) is 16.5. The molecule has 7 heteroatoms. The first-order chi connectivity index (χ1) is 20.0. The lowest BCUT2D eigenvalue weighted by atomic mass is 10.1. The van der Waals surface area contributed by atoms with Crippen molar-refractivity contribution in [3.05, 3.63) is 71.4 Å². The Morgan fingerprint density at radius 3 is 1.98 bits per heavy atom. The highest BCUT2D eigenvalue weighted by molar-refractivity contribution is 5.82. The normalized spacial score (nSPS) is 11.3.